The molecule has 0 aliphatic heterocycles. The van der Waals surface area contributed by atoms with E-state index < -0.39 is 18.4 Å². The normalized spacial score (nSPS) is 21.3. The van der Waals surface area contributed by atoms with Crippen LogP contribution in [0.5, 0.6) is 0 Å². The second kappa shape index (κ2) is 8.70. The summed E-state index contributed by atoms with van der Waals surface area (Å²) in [7, 11) is 0. The van der Waals surface area contributed by atoms with Crippen LogP contribution in [0.1, 0.15) is 39.0 Å². The van der Waals surface area contributed by atoms with Crippen LogP contribution in [0.3, 0.4) is 0 Å². The maximum absolute atomic E-state index is 12.3. The van der Waals surface area contributed by atoms with Crippen molar-refractivity contribution in [1.29, 1.82) is 0 Å². The van der Waals surface area contributed by atoms with Crippen LogP contribution in [0.4, 0.5) is 5.00 Å². The fourth-order valence-corrected chi connectivity index (χ4v) is 9.63. The summed E-state index contributed by atoms with van der Waals surface area (Å²) in [6.07, 6.45) is 4.12. The predicted molar refractivity (Wildman–Crippen MR) is 103 cm³/mol. The summed E-state index contributed by atoms with van der Waals surface area (Å²) in [5, 5.41) is 6.24. The van der Waals surface area contributed by atoms with Crippen molar-refractivity contribution in [1.82, 2.24) is 0 Å². The summed E-state index contributed by atoms with van der Waals surface area (Å²) in [5.74, 6) is 0.451. The number of amides is 1. The van der Waals surface area contributed by atoms with Gasteiger partial charge in [-0.1, -0.05) is 0 Å². The van der Waals surface area contributed by atoms with Crippen molar-refractivity contribution in [2.24, 2.45) is 11.8 Å². The van der Waals surface area contributed by atoms with Crippen molar-refractivity contribution < 1.29 is 14.3 Å². The first-order chi connectivity index (χ1) is 11.3. The van der Waals surface area contributed by atoms with Gasteiger partial charge in [0.15, 0.2) is 0 Å². The van der Waals surface area contributed by atoms with Crippen LogP contribution in [0.2, 0.25) is 14.8 Å². The van der Waals surface area contributed by atoms with Crippen molar-refractivity contribution in [2.45, 2.75) is 53.8 Å². The molecule has 1 aliphatic rings. The first-order valence-corrected chi connectivity index (χ1v) is 19.7. The van der Waals surface area contributed by atoms with Crippen molar-refractivity contribution >= 4 is 50.2 Å². The van der Waals surface area contributed by atoms with E-state index in [0.29, 0.717) is 18.9 Å². The van der Waals surface area contributed by atoms with Gasteiger partial charge < -0.3 is 0 Å². The Kier molecular flexibility index (Phi) is 7.16. The standard InChI is InChI=1S/C15H20NO3S.3CH3.Sn/c1-2-19-15(18)12-7-5-11(6-8-12)10-13(17)16-14-4-3-9-20-14;;;;/h4,9,11-12H,2,5-8,10H2,1H3,(H,16,17);3*1H3;. The molecule has 6 heteroatoms. The molecule has 0 radical (unpaired) electrons. The molecule has 0 atom stereocenters. The van der Waals surface area contributed by atoms with Gasteiger partial charge in [0.25, 0.3) is 0 Å². The number of nitrogens with one attached hydrogen (secondary N) is 1. The molecular weight excluding hydrogens is 429 g/mol. The quantitative estimate of drug-likeness (QED) is 0.519. The minimum absolute atomic E-state index is 0.0309. The molecular formula is C18H29NO3SSn. The summed E-state index contributed by atoms with van der Waals surface area (Å²) >= 11 is -0.406. The third kappa shape index (κ3) is 5.76. The molecule has 2 rings (SSSR count). The van der Waals surface area contributed by atoms with Crippen LogP contribution in [0, 0.1) is 11.8 Å². The Morgan fingerprint density at radius 3 is 2.46 bits per heavy atom. The van der Waals surface area contributed by atoms with E-state index in [9.17, 15) is 9.59 Å². The average molecular weight is 458 g/mol. The van der Waals surface area contributed by atoms with Gasteiger partial charge in [0.05, 0.1) is 6.61 Å². The molecule has 1 fully saturated rings. The van der Waals surface area contributed by atoms with Gasteiger partial charge in [-0.15, -0.1) is 0 Å². The van der Waals surface area contributed by atoms with Gasteiger partial charge in [0, 0.05) is 0 Å². The van der Waals surface area contributed by atoms with Crippen LogP contribution in [-0.4, -0.2) is 36.9 Å². The van der Waals surface area contributed by atoms with E-state index in [0.717, 1.165) is 30.7 Å². The van der Waals surface area contributed by atoms with Crippen LogP contribution in [-0.2, 0) is 14.3 Å². The van der Waals surface area contributed by atoms with E-state index in [2.05, 4.69) is 31.6 Å². The first kappa shape index (κ1) is 19.8. The third-order valence-electron chi connectivity index (χ3n) is 4.67. The van der Waals surface area contributed by atoms with E-state index in [1.165, 1.54) is 3.58 Å². The Bertz CT molecular complexity index is 571. The number of carbonyl (C=O) groups excluding carboxylic acids is 2. The second-order valence-electron chi connectivity index (χ2n) is 7.67. The van der Waals surface area contributed by atoms with E-state index >= 15 is 0 Å². The molecule has 0 bridgehead atoms. The molecule has 1 amide bonds. The van der Waals surface area contributed by atoms with E-state index in [-0.39, 0.29) is 17.8 Å². The molecule has 1 aromatic heterocycles. The van der Waals surface area contributed by atoms with E-state index in [4.69, 9.17) is 4.74 Å². The Morgan fingerprint density at radius 1 is 1.25 bits per heavy atom. The second-order valence-corrected chi connectivity index (χ2v) is 23.1. The molecule has 0 spiro atoms. The zero-order chi connectivity index (χ0) is 17.7. The summed E-state index contributed by atoms with van der Waals surface area (Å²) in [5.41, 5.74) is 0. The molecule has 1 N–H and O–H groups in total. The number of hydrogen-bond acceptors (Lipinski definition) is 4. The van der Waals surface area contributed by atoms with Gasteiger partial charge in [0.1, 0.15) is 0 Å². The minimum atomic E-state index is -2.04. The van der Waals surface area contributed by atoms with E-state index in [1.807, 2.05) is 6.92 Å². The molecule has 0 aromatic carbocycles. The van der Waals surface area contributed by atoms with Crippen LogP contribution in [0.25, 0.3) is 0 Å². The van der Waals surface area contributed by atoms with Crippen molar-refractivity contribution in [3.05, 3.63) is 11.4 Å². The molecule has 24 heavy (non-hydrogen) atoms. The van der Waals surface area contributed by atoms with Crippen molar-refractivity contribution in [3.63, 3.8) is 0 Å². The third-order valence-corrected chi connectivity index (χ3v) is 11.9. The van der Waals surface area contributed by atoms with Crippen molar-refractivity contribution in [2.75, 3.05) is 11.9 Å². The topological polar surface area (TPSA) is 55.4 Å². The average Bonchev–Trinajstić information content (AvgIpc) is 2.96. The summed E-state index contributed by atoms with van der Waals surface area (Å²) < 4.78 is 6.55. The molecule has 4 nitrogen and oxygen atoms in total. The molecule has 0 unspecified atom stereocenters. The Balaban J connectivity index is 1.78. The van der Waals surface area contributed by atoms with E-state index in [1.54, 1.807) is 11.3 Å². The number of anilines is 1. The molecule has 1 aliphatic carbocycles. The molecule has 1 heterocycles. The zero-order valence-corrected chi connectivity index (χ0v) is 18.9. The van der Waals surface area contributed by atoms with Gasteiger partial charge in [-0.2, -0.15) is 0 Å². The molecule has 1 saturated carbocycles. The number of hydrogen-bond donors (Lipinski definition) is 1. The molecule has 1 aromatic rings. The zero-order valence-electron chi connectivity index (χ0n) is 15.2. The fraction of sp³-hybridized carbons (Fsp3) is 0.667. The number of thiophene rings is 1. The first-order valence-electron chi connectivity index (χ1n) is 8.85. The van der Waals surface area contributed by atoms with Crippen LogP contribution >= 0.6 is 11.3 Å². The fourth-order valence-electron chi connectivity index (χ4n) is 3.11. The number of carbonyl (C=O) groups is 2. The van der Waals surface area contributed by atoms with Gasteiger partial charge >= 0.3 is 140 Å². The van der Waals surface area contributed by atoms with Gasteiger partial charge in [-0.25, -0.2) is 0 Å². The Morgan fingerprint density at radius 2 is 1.92 bits per heavy atom. The van der Waals surface area contributed by atoms with Crippen molar-refractivity contribution in [3.8, 4) is 0 Å². The van der Waals surface area contributed by atoms with Gasteiger partial charge in [-0.05, 0) is 6.92 Å². The number of ether oxygens (including phenoxy) is 1. The van der Waals surface area contributed by atoms with Crippen LogP contribution in [0.15, 0.2) is 11.4 Å². The Hall–Kier alpha value is -0.561. The van der Waals surface area contributed by atoms with Gasteiger partial charge in [0.2, 0.25) is 0 Å². The maximum atomic E-state index is 12.3. The predicted octanol–water partition coefficient (Wildman–Crippen LogP) is 3.99. The number of rotatable bonds is 6. The SMILES string of the molecule is CCOC(=O)C1CCC(CC(=O)Nc2c[c]([Sn]([CH3])([CH3])[CH3])cs2)CC1. The molecule has 134 valence electrons. The molecule has 0 saturated heterocycles. The van der Waals surface area contributed by atoms with Crippen LogP contribution < -0.4 is 8.90 Å². The number of esters is 1. The summed E-state index contributed by atoms with van der Waals surface area (Å²) in [4.78, 5) is 31.2. The monoisotopic (exact) mass is 459 g/mol. The van der Waals surface area contributed by atoms with Gasteiger partial charge in [-0.3, -0.25) is 0 Å². The Labute approximate surface area is 153 Å². The summed E-state index contributed by atoms with van der Waals surface area (Å²) in [6.45, 7) is 2.29. The summed E-state index contributed by atoms with van der Waals surface area (Å²) in [6, 6.07) is 2.16.